The summed E-state index contributed by atoms with van der Waals surface area (Å²) in [7, 11) is 0. The number of thiophene rings is 1. The number of nitrogens with one attached hydrogen (secondary N) is 2. The lowest BCUT2D eigenvalue weighted by Crippen LogP contribution is -2.43. The molecule has 0 aliphatic carbocycles. The van der Waals surface area contributed by atoms with Crippen LogP contribution in [0.3, 0.4) is 0 Å². The zero-order valence-electron chi connectivity index (χ0n) is 13.8. The van der Waals surface area contributed by atoms with E-state index in [9.17, 15) is 4.79 Å². The van der Waals surface area contributed by atoms with Crippen molar-refractivity contribution in [3.05, 3.63) is 22.4 Å². The van der Waals surface area contributed by atoms with Gasteiger partial charge in [0.05, 0.1) is 0 Å². The number of urea groups is 1. The van der Waals surface area contributed by atoms with Gasteiger partial charge in [-0.2, -0.15) is 11.3 Å². The van der Waals surface area contributed by atoms with Crippen LogP contribution in [0.5, 0.6) is 0 Å². The summed E-state index contributed by atoms with van der Waals surface area (Å²) in [4.78, 5) is 14.4. The first kappa shape index (κ1) is 17.3. The average Bonchev–Trinajstić information content (AvgIpc) is 2.98. The van der Waals surface area contributed by atoms with Gasteiger partial charge in [0.1, 0.15) is 0 Å². The molecule has 1 aromatic rings. The van der Waals surface area contributed by atoms with Crippen molar-refractivity contribution in [3.63, 3.8) is 0 Å². The van der Waals surface area contributed by atoms with E-state index in [1.54, 1.807) is 11.3 Å². The topological polar surface area (TPSA) is 44.4 Å². The predicted molar refractivity (Wildman–Crippen MR) is 93.5 cm³/mol. The normalized spacial score (nSPS) is 20.5. The fraction of sp³-hybridized carbons (Fsp3) is 0.706. The molecule has 0 bridgehead atoms. The summed E-state index contributed by atoms with van der Waals surface area (Å²) in [6.07, 6.45) is 5.91. The lowest BCUT2D eigenvalue weighted by molar-refractivity contribution is 0.159. The summed E-state index contributed by atoms with van der Waals surface area (Å²) in [5.41, 5.74) is 1.29. The summed E-state index contributed by atoms with van der Waals surface area (Å²) in [5.74, 6) is 0. The Balaban J connectivity index is 1.55. The van der Waals surface area contributed by atoms with Crippen LogP contribution in [0.25, 0.3) is 0 Å². The van der Waals surface area contributed by atoms with E-state index in [4.69, 9.17) is 0 Å². The number of amides is 2. The first-order valence-electron chi connectivity index (χ1n) is 8.44. The second-order valence-corrected chi connectivity index (χ2v) is 7.15. The number of hydrogen-bond acceptors (Lipinski definition) is 3. The fourth-order valence-electron chi connectivity index (χ4n) is 3.06. The molecule has 0 radical (unpaired) electrons. The van der Waals surface area contributed by atoms with Gasteiger partial charge in [0.2, 0.25) is 0 Å². The maximum atomic E-state index is 11.9. The third-order valence-electron chi connectivity index (χ3n) is 4.35. The van der Waals surface area contributed by atoms with Crippen LogP contribution < -0.4 is 10.6 Å². The molecule has 0 saturated carbocycles. The van der Waals surface area contributed by atoms with Crippen LogP contribution in [0, 0.1) is 0 Å². The summed E-state index contributed by atoms with van der Waals surface area (Å²) in [5, 5.41) is 10.2. The molecular formula is C17H29N3OS. The highest BCUT2D eigenvalue weighted by atomic mass is 32.1. The lowest BCUT2D eigenvalue weighted by Gasteiger charge is -2.33. The number of hydrogen-bond donors (Lipinski definition) is 2. The van der Waals surface area contributed by atoms with Crippen molar-refractivity contribution in [3.8, 4) is 0 Å². The maximum Gasteiger partial charge on any atom is 0.315 e. The fourth-order valence-corrected chi connectivity index (χ4v) is 3.74. The minimum atomic E-state index is -0.0468. The Morgan fingerprint density at radius 1 is 1.50 bits per heavy atom. The van der Waals surface area contributed by atoms with Gasteiger partial charge in [0.15, 0.2) is 0 Å². The Bertz CT molecular complexity index is 435. The molecule has 1 aliphatic heterocycles. The number of nitrogens with zero attached hydrogens (tertiary/aromatic N) is 1. The first-order valence-corrected chi connectivity index (χ1v) is 9.39. The number of likely N-dealkylation sites (tertiary alicyclic amines) is 1. The quantitative estimate of drug-likeness (QED) is 0.757. The van der Waals surface area contributed by atoms with Crippen LogP contribution in [0.15, 0.2) is 16.8 Å². The second kappa shape index (κ2) is 9.16. The smallest absolute Gasteiger partial charge is 0.315 e. The van der Waals surface area contributed by atoms with Gasteiger partial charge in [-0.3, -0.25) is 0 Å². The molecule has 5 heteroatoms. The van der Waals surface area contributed by atoms with Gasteiger partial charge >= 0.3 is 6.03 Å². The standard InChI is InChI=1S/C17H29N3OS/c1-14(12-16-7-11-22-13-16)19-17(21)18-8-5-10-20-9-4-3-6-15(20)2/h7,11,13-15H,3-6,8-10,12H2,1-2H3,(H2,18,19,21)/t14-,15-/m0/s1. The minimum Gasteiger partial charge on any atom is -0.338 e. The minimum absolute atomic E-state index is 0.0468. The molecule has 124 valence electrons. The molecule has 0 spiro atoms. The van der Waals surface area contributed by atoms with Gasteiger partial charge in [0, 0.05) is 25.2 Å². The molecule has 22 heavy (non-hydrogen) atoms. The highest BCUT2D eigenvalue weighted by Gasteiger charge is 2.17. The van der Waals surface area contributed by atoms with Crippen molar-refractivity contribution in [2.75, 3.05) is 19.6 Å². The van der Waals surface area contributed by atoms with Crippen LogP contribution in [-0.2, 0) is 6.42 Å². The van der Waals surface area contributed by atoms with Crippen molar-refractivity contribution in [2.24, 2.45) is 0 Å². The molecule has 0 unspecified atom stereocenters. The van der Waals surface area contributed by atoms with Crippen LogP contribution in [0.4, 0.5) is 4.79 Å². The summed E-state index contributed by atoms with van der Waals surface area (Å²) >= 11 is 1.70. The van der Waals surface area contributed by atoms with E-state index in [1.165, 1.54) is 31.4 Å². The Hall–Kier alpha value is -1.07. The zero-order valence-corrected chi connectivity index (χ0v) is 14.6. The number of carbonyl (C=O) groups excluding carboxylic acids is 1. The first-order chi connectivity index (χ1) is 10.6. The van der Waals surface area contributed by atoms with Crippen molar-refractivity contribution < 1.29 is 4.79 Å². The van der Waals surface area contributed by atoms with Gasteiger partial charge < -0.3 is 15.5 Å². The van der Waals surface area contributed by atoms with Gasteiger partial charge in [-0.1, -0.05) is 6.42 Å². The average molecular weight is 324 g/mol. The number of piperidine rings is 1. The van der Waals surface area contributed by atoms with E-state index < -0.39 is 0 Å². The van der Waals surface area contributed by atoms with Gasteiger partial charge in [0.25, 0.3) is 0 Å². The Morgan fingerprint density at radius 3 is 3.09 bits per heavy atom. The lowest BCUT2D eigenvalue weighted by atomic mass is 10.0. The van der Waals surface area contributed by atoms with Gasteiger partial charge in [-0.05, 0) is 68.5 Å². The SMILES string of the molecule is C[C@@H](Cc1ccsc1)NC(=O)NCCCN1CCCC[C@@H]1C. The largest absolute Gasteiger partial charge is 0.338 e. The van der Waals surface area contributed by atoms with Crippen LogP contribution in [-0.4, -0.2) is 42.6 Å². The molecule has 0 aromatic carbocycles. The monoisotopic (exact) mass is 323 g/mol. The van der Waals surface area contributed by atoms with Gasteiger partial charge in [-0.25, -0.2) is 4.79 Å². The maximum absolute atomic E-state index is 11.9. The van der Waals surface area contributed by atoms with E-state index in [2.05, 4.69) is 39.3 Å². The molecule has 1 aromatic heterocycles. The third kappa shape index (κ3) is 5.97. The Morgan fingerprint density at radius 2 is 2.36 bits per heavy atom. The summed E-state index contributed by atoms with van der Waals surface area (Å²) in [6, 6.07) is 2.93. The Labute approximate surface area is 138 Å². The predicted octanol–water partition coefficient (Wildman–Crippen LogP) is 3.24. The molecule has 2 rings (SSSR count). The molecule has 2 amide bonds. The third-order valence-corrected chi connectivity index (χ3v) is 5.08. The van der Waals surface area contributed by atoms with Crippen molar-refractivity contribution >= 4 is 17.4 Å². The van der Waals surface area contributed by atoms with Gasteiger partial charge in [-0.15, -0.1) is 0 Å². The molecule has 1 fully saturated rings. The molecular weight excluding hydrogens is 294 g/mol. The highest BCUT2D eigenvalue weighted by Crippen LogP contribution is 2.16. The summed E-state index contributed by atoms with van der Waals surface area (Å²) in [6.45, 7) is 7.41. The molecule has 1 saturated heterocycles. The molecule has 2 N–H and O–H groups in total. The van der Waals surface area contributed by atoms with Crippen molar-refractivity contribution in [2.45, 2.75) is 58.0 Å². The van der Waals surface area contributed by atoms with E-state index in [0.717, 1.165) is 25.9 Å². The molecule has 2 heterocycles. The van der Waals surface area contributed by atoms with Crippen molar-refractivity contribution in [1.29, 1.82) is 0 Å². The zero-order chi connectivity index (χ0) is 15.8. The second-order valence-electron chi connectivity index (χ2n) is 6.37. The molecule has 1 aliphatic rings. The summed E-state index contributed by atoms with van der Waals surface area (Å²) < 4.78 is 0. The highest BCUT2D eigenvalue weighted by molar-refractivity contribution is 7.07. The molecule has 4 nitrogen and oxygen atoms in total. The van der Waals surface area contributed by atoms with Crippen molar-refractivity contribution in [1.82, 2.24) is 15.5 Å². The van der Waals surface area contributed by atoms with E-state index in [1.807, 2.05) is 6.92 Å². The number of carbonyl (C=O) groups is 1. The van der Waals surface area contributed by atoms with E-state index in [-0.39, 0.29) is 12.1 Å². The van der Waals surface area contributed by atoms with Crippen LogP contribution >= 0.6 is 11.3 Å². The van der Waals surface area contributed by atoms with Crippen LogP contribution in [0.2, 0.25) is 0 Å². The Kier molecular flexibility index (Phi) is 7.19. The van der Waals surface area contributed by atoms with E-state index in [0.29, 0.717) is 6.04 Å². The van der Waals surface area contributed by atoms with E-state index >= 15 is 0 Å². The van der Waals surface area contributed by atoms with Crippen LogP contribution in [0.1, 0.15) is 45.1 Å². The molecule has 2 atom stereocenters. The number of rotatable bonds is 7.